The molecule has 0 atom stereocenters. The lowest BCUT2D eigenvalue weighted by molar-refractivity contribution is 1.05. The minimum atomic E-state index is 0.419. The summed E-state index contributed by atoms with van der Waals surface area (Å²) in [6, 6.07) is 37.9. The monoisotopic (exact) mass is 654 g/mol. The topological polar surface area (TPSA) is 119 Å². The molecule has 0 saturated carbocycles. The van der Waals surface area contributed by atoms with E-state index >= 15 is 0 Å². The number of hydrogen-bond acceptors (Lipinski definition) is 6. The molecule has 0 fully saturated rings. The zero-order valence-corrected chi connectivity index (χ0v) is 27.4. The first-order valence-corrected chi connectivity index (χ1v) is 16.2. The number of fused-ring (bicyclic) bond motifs is 6. The van der Waals surface area contributed by atoms with Crippen LogP contribution in [0.1, 0.15) is 29.2 Å². The van der Waals surface area contributed by atoms with Gasteiger partial charge in [-0.2, -0.15) is 15.8 Å². The third-order valence-corrected chi connectivity index (χ3v) is 9.12. The number of rotatable bonds is 6. The van der Waals surface area contributed by atoms with E-state index in [1.54, 1.807) is 30.6 Å². The van der Waals surface area contributed by atoms with Crippen molar-refractivity contribution in [3.05, 3.63) is 150 Å². The molecule has 0 saturated heterocycles. The fraction of sp³-hybridized carbons (Fsp3) is 0.0233. The number of aliphatic imine (C=N–C) groups is 1. The van der Waals surface area contributed by atoms with Crippen LogP contribution in [0.25, 0.3) is 72.1 Å². The Bertz CT molecular complexity index is 2920. The van der Waals surface area contributed by atoms with Gasteiger partial charge in [-0.15, -0.1) is 0 Å². The summed E-state index contributed by atoms with van der Waals surface area (Å²) in [5.41, 5.74) is 8.93. The van der Waals surface area contributed by atoms with E-state index in [2.05, 4.69) is 41.0 Å². The van der Waals surface area contributed by atoms with E-state index < -0.39 is 0 Å². The van der Waals surface area contributed by atoms with Crippen LogP contribution in [0.15, 0.2) is 133 Å². The number of hydrogen-bond donors (Lipinski definition) is 0. The Morgan fingerprint density at radius 2 is 1.35 bits per heavy atom. The molecule has 0 radical (unpaired) electrons. The Balaban J connectivity index is 1.35. The maximum absolute atomic E-state index is 10.6. The third kappa shape index (κ3) is 5.02. The van der Waals surface area contributed by atoms with E-state index in [9.17, 15) is 15.8 Å². The standard InChI is InChI=1S/C43H26N8/c1-3-4-7-36(47-2)29-11-15-39-34(20-29)32-18-27(23-44)9-13-38(32)50(39)42-26-49-43(22-31(42)25-46)51-40-14-10-28(24-45)19-33(40)35-21-30(12-16-41(35)51)37-8-5-6-17-48-37/h3-22,26H,2H2,1H3/b4-3-,36-7-. The average Bonchev–Trinajstić information content (AvgIpc) is 3.69. The van der Waals surface area contributed by atoms with Gasteiger partial charge in [0, 0.05) is 44.9 Å². The van der Waals surface area contributed by atoms with Crippen LogP contribution in [-0.2, 0) is 0 Å². The van der Waals surface area contributed by atoms with Gasteiger partial charge in [0.05, 0.1) is 74.2 Å². The molecule has 8 heteroatoms. The molecule has 8 rings (SSSR count). The minimum absolute atomic E-state index is 0.419. The molecule has 4 aromatic heterocycles. The quantitative estimate of drug-likeness (QED) is 0.131. The van der Waals surface area contributed by atoms with Crippen LogP contribution in [0.4, 0.5) is 0 Å². The first-order valence-electron chi connectivity index (χ1n) is 16.2. The fourth-order valence-electron chi connectivity index (χ4n) is 6.80. The van der Waals surface area contributed by atoms with Crippen molar-refractivity contribution < 1.29 is 0 Å². The molecule has 0 unspecified atom stereocenters. The lowest BCUT2D eigenvalue weighted by atomic mass is 10.1. The smallest absolute Gasteiger partial charge is 0.139 e. The van der Waals surface area contributed by atoms with Crippen LogP contribution in [0.2, 0.25) is 0 Å². The summed E-state index contributed by atoms with van der Waals surface area (Å²) in [4.78, 5) is 13.7. The van der Waals surface area contributed by atoms with Crippen LogP contribution < -0.4 is 0 Å². The second kappa shape index (κ2) is 12.5. The number of allylic oxidation sites excluding steroid dienone is 3. The Morgan fingerprint density at radius 3 is 1.98 bits per heavy atom. The summed E-state index contributed by atoms with van der Waals surface area (Å²) in [6.07, 6.45) is 9.24. The Morgan fingerprint density at radius 1 is 0.706 bits per heavy atom. The molecule has 4 heterocycles. The average molecular weight is 655 g/mol. The number of nitrogens with zero attached hydrogens (tertiary/aromatic N) is 8. The van der Waals surface area contributed by atoms with Gasteiger partial charge in [-0.25, -0.2) is 4.98 Å². The molecule has 0 amide bonds. The van der Waals surface area contributed by atoms with Crippen LogP contribution in [0, 0.1) is 34.0 Å². The van der Waals surface area contributed by atoms with Gasteiger partial charge in [0.1, 0.15) is 11.9 Å². The van der Waals surface area contributed by atoms with Crippen LogP contribution in [0.5, 0.6) is 0 Å². The van der Waals surface area contributed by atoms with Crippen LogP contribution >= 0.6 is 0 Å². The van der Waals surface area contributed by atoms with Crippen LogP contribution in [-0.4, -0.2) is 25.8 Å². The van der Waals surface area contributed by atoms with Gasteiger partial charge >= 0.3 is 0 Å². The molecule has 0 spiro atoms. The van der Waals surface area contributed by atoms with Crippen molar-refractivity contribution >= 4 is 56.0 Å². The second-order valence-electron chi connectivity index (χ2n) is 11.9. The van der Waals surface area contributed by atoms with Crippen molar-refractivity contribution in [1.29, 1.82) is 15.8 Å². The molecule has 238 valence electrons. The van der Waals surface area contributed by atoms with Gasteiger partial charge in [0.25, 0.3) is 0 Å². The molecule has 0 aliphatic carbocycles. The van der Waals surface area contributed by atoms with Crippen molar-refractivity contribution in [1.82, 2.24) is 19.1 Å². The highest BCUT2D eigenvalue weighted by Crippen LogP contribution is 2.38. The number of benzene rings is 4. The van der Waals surface area contributed by atoms with Gasteiger partial charge in [-0.05, 0) is 92.5 Å². The van der Waals surface area contributed by atoms with E-state index in [1.165, 1.54) is 0 Å². The van der Waals surface area contributed by atoms with Crippen molar-refractivity contribution in [2.45, 2.75) is 6.92 Å². The Kier molecular flexibility index (Phi) is 7.50. The Labute approximate surface area is 293 Å². The first-order chi connectivity index (χ1) is 25.1. The maximum atomic E-state index is 10.6. The van der Waals surface area contributed by atoms with Crippen molar-refractivity contribution in [2.75, 3.05) is 0 Å². The van der Waals surface area contributed by atoms with E-state index in [0.717, 1.165) is 66.1 Å². The number of aromatic nitrogens is 4. The first kappa shape index (κ1) is 30.7. The summed E-state index contributed by atoms with van der Waals surface area (Å²) in [5, 5.41) is 33.7. The largest absolute Gasteiger partial charge is 0.306 e. The van der Waals surface area contributed by atoms with Crippen molar-refractivity contribution in [2.24, 2.45) is 4.99 Å². The summed E-state index contributed by atoms with van der Waals surface area (Å²) in [5.74, 6) is 0.566. The van der Waals surface area contributed by atoms with Crippen molar-refractivity contribution in [3.8, 4) is 41.0 Å². The molecular weight excluding hydrogens is 629 g/mol. The van der Waals surface area contributed by atoms with E-state index in [1.807, 2.05) is 107 Å². The summed E-state index contributed by atoms with van der Waals surface area (Å²) < 4.78 is 4.04. The predicted octanol–water partition coefficient (Wildman–Crippen LogP) is 9.57. The predicted molar refractivity (Wildman–Crippen MR) is 203 cm³/mol. The highest BCUT2D eigenvalue weighted by molar-refractivity contribution is 6.12. The fourth-order valence-corrected chi connectivity index (χ4v) is 6.80. The van der Waals surface area contributed by atoms with E-state index in [-0.39, 0.29) is 0 Å². The molecule has 8 aromatic rings. The van der Waals surface area contributed by atoms with Crippen molar-refractivity contribution in [3.63, 3.8) is 0 Å². The van der Waals surface area contributed by atoms with Gasteiger partial charge in [0.2, 0.25) is 0 Å². The van der Waals surface area contributed by atoms with E-state index in [4.69, 9.17) is 4.98 Å². The molecule has 4 aromatic carbocycles. The number of pyridine rings is 2. The molecule has 0 aliphatic heterocycles. The molecular formula is C43H26N8. The zero-order chi connectivity index (χ0) is 35.1. The van der Waals surface area contributed by atoms with Gasteiger partial charge in [-0.3, -0.25) is 14.5 Å². The summed E-state index contributed by atoms with van der Waals surface area (Å²) in [7, 11) is 0. The SMILES string of the molecule is C=N/C(=C\C=C/C)c1ccc2c(c1)c1cc(C#N)ccc1n2-c1cnc(-n2c3ccc(C#N)cc3c3cc(-c4ccccn4)ccc32)cc1C#N. The zero-order valence-electron chi connectivity index (χ0n) is 27.4. The lowest BCUT2D eigenvalue weighted by Crippen LogP contribution is -2.03. The van der Waals surface area contributed by atoms with Gasteiger partial charge < -0.3 is 4.57 Å². The second-order valence-corrected chi connectivity index (χ2v) is 11.9. The lowest BCUT2D eigenvalue weighted by Gasteiger charge is -2.13. The Hall–Kier alpha value is -7.60. The maximum Gasteiger partial charge on any atom is 0.139 e. The van der Waals surface area contributed by atoms with Crippen LogP contribution in [0.3, 0.4) is 0 Å². The summed E-state index contributed by atoms with van der Waals surface area (Å²) >= 11 is 0. The minimum Gasteiger partial charge on any atom is -0.306 e. The molecule has 8 nitrogen and oxygen atoms in total. The van der Waals surface area contributed by atoms with E-state index in [0.29, 0.717) is 28.2 Å². The molecule has 0 N–H and O–H groups in total. The van der Waals surface area contributed by atoms with Gasteiger partial charge in [-0.1, -0.05) is 30.4 Å². The molecule has 0 bridgehead atoms. The third-order valence-electron chi connectivity index (χ3n) is 9.12. The molecule has 51 heavy (non-hydrogen) atoms. The molecule has 0 aliphatic rings. The normalized spacial score (nSPS) is 11.7. The highest BCUT2D eigenvalue weighted by Gasteiger charge is 2.20. The van der Waals surface area contributed by atoms with Gasteiger partial charge in [0.15, 0.2) is 0 Å². The number of nitriles is 3. The summed E-state index contributed by atoms with van der Waals surface area (Å²) in [6.45, 7) is 5.70. The highest BCUT2D eigenvalue weighted by atomic mass is 15.1.